The molecule has 1 aliphatic heterocycles. The second-order valence-corrected chi connectivity index (χ2v) is 5.95. The van der Waals surface area contributed by atoms with Crippen LogP contribution in [0.5, 0.6) is 0 Å². The molecule has 0 saturated heterocycles. The minimum Gasteiger partial charge on any atom is -0.288 e. The molecule has 0 radical (unpaired) electrons. The highest BCUT2D eigenvalue weighted by molar-refractivity contribution is 9.10. The van der Waals surface area contributed by atoms with Crippen LogP contribution in [0.15, 0.2) is 16.6 Å². The number of fused-ring (bicyclic) bond motifs is 1. The Kier molecular flexibility index (Phi) is 2.77. The smallest absolute Gasteiger partial charge is 0.106 e. The zero-order chi connectivity index (χ0) is 12.9. The van der Waals surface area contributed by atoms with E-state index in [9.17, 15) is 0 Å². The first-order valence-corrected chi connectivity index (χ1v) is 7.13. The lowest BCUT2D eigenvalue weighted by Crippen LogP contribution is -2.38. The van der Waals surface area contributed by atoms with E-state index in [1.807, 2.05) is 6.07 Å². The molecule has 18 heavy (non-hydrogen) atoms. The van der Waals surface area contributed by atoms with Gasteiger partial charge in [-0.2, -0.15) is 0 Å². The molecule has 94 valence electrons. The van der Waals surface area contributed by atoms with Crippen LogP contribution in [-0.2, 0) is 6.42 Å². The summed E-state index contributed by atoms with van der Waals surface area (Å²) in [6.45, 7) is 1.75. The van der Waals surface area contributed by atoms with Crippen molar-refractivity contribution in [1.82, 2.24) is 0 Å². The van der Waals surface area contributed by atoms with Crippen LogP contribution in [0.3, 0.4) is 0 Å². The van der Waals surface area contributed by atoms with Crippen molar-refractivity contribution in [3.63, 3.8) is 0 Å². The molecule has 0 unspecified atom stereocenters. The fraction of sp³-hybridized carbons (Fsp3) is 0.429. The topological polar surface area (TPSA) is 50.9 Å². The summed E-state index contributed by atoms with van der Waals surface area (Å²) in [6.07, 6.45) is 4.22. The number of nitrogens with one attached hydrogen (secondary N) is 2. The molecule has 0 aromatic heterocycles. The Morgan fingerprint density at radius 1 is 1.33 bits per heavy atom. The second-order valence-electron chi connectivity index (χ2n) is 5.10. The molecule has 0 spiro atoms. The minimum atomic E-state index is 0.435. The van der Waals surface area contributed by atoms with E-state index in [0.29, 0.717) is 17.6 Å². The molecule has 1 aliphatic carbocycles. The van der Waals surface area contributed by atoms with Crippen molar-refractivity contribution in [3.05, 3.63) is 27.7 Å². The van der Waals surface area contributed by atoms with Crippen molar-refractivity contribution in [2.45, 2.75) is 38.5 Å². The Morgan fingerprint density at radius 3 is 2.67 bits per heavy atom. The average Bonchev–Trinajstić information content (AvgIpc) is 3.12. The molecule has 1 fully saturated rings. The van der Waals surface area contributed by atoms with E-state index in [-0.39, 0.29) is 0 Å². The van der Waals surface area contributed by atoms with Crippen molar-refractivity contribution >= 4 is 33.3 Å². The van der Waals surface area contributed by atoms with Crippen LogP contribution >= 0.6 is 15.9 Å². The van der Waals surface area contributed by atoms with Crippen molar-refractivity contribution in [1.29, 1.82) is 10.8 Å². The normalized spacial score (nSPS) is 18.8. The fourth-order valence-corrected chi connectivity index (χ4v) is 3.49. The first kappa shape index (κ1) is 11.9. The number of anilines is 1. The highest BCUT2D eigenvalue weighted by atomic mass is 79.9. The number of hydrogen-bond acceptors (Lipinski definition) is 2. The third-order valence-electron chi connectivity index (χ3n) is 3.72. The maximum absolute atomic E-state index is 8.03. The first-order valence-electron chi connectivity index (χ1n) is 6.33. The zero-order valence-electron chi connectivity index (χ0n) is 10.4. The van der Waals surface area contributed by atoms with E-state index in [1.54, 1.807) is 11.8 Å². The lowest BCUT2D eigenvalue weighted by molar-refractivity contribution is 0.926. The van der Waals surface area contributed by atoms with Gasteiger partial charge in [-0.25, -0.2) is 0 Å². The summed E-state index contributed by atoms with van der Waals surface area (Å²) < 4.78 is 1.19. The minimum absolute atomic E-state index is 0.435. The molecule has 2 N–H and O–H groups in total. The zero-order valence-corrected chi connectivity index (χ0v) is 12.0. The molecule has 3 nitrogen and oxygen atoms in total. The third-order valence-corrected chi connectivity index (χ3v) is 4.41. The molecular weight excluding hydrogens is 290 g/mol. The molecule has 3 rings (SSSR count). The molecule has 1 heterocycles. The van der Waals surface area contributed by atoms with Crippen LogP contribution in [0.1, 0.15) is 43.2 Å². The summed E-state index contributed by atoms with van der Waals surface area (Å²) >= 11 is 3.66. The van der Waals surface area contributed by atoms with Gasteiger partial charge in [0.05, 0.1) is 5.69 Å². The van der Waals surface area contributed by atoms with Gasteiger partial charge >= 0.3 is 0 Å². The van der Waals surface area contributed by atoms with Crippen LogP contribution < -0.4 is 4.90 Å². The van der Waals surface area contributed by atoms with E-state index in [2.05, 4.69) is 22.0 Å². The SMILES string of the molecule is CC(=N)N1C(=N)CCc2c1ccc(Br)c2C1CC1. The lowest BCUT2D eigenvalue weighted by Gasteiger charge is -2.32. The summed E-state index contributed by atoms with van der Waals surface area (Å²) in [7, 11) is 0. The molecule has 4 heteroatoms. The lowest BCUT2D eigenvalue weighted by atomic mass is 9.93. The molecule has 0 atom stereocenters. The van der Waals surface area contributed by atoms with Gasteiger partial charge in [-0.3, -0.25) is 15.7 Å². The van der Waals surface area contributed by atoms with Crippen LogP contribution in [0.4, 0.5) is 5.69 Å². The quantitative estimate of drug-likeness (QED) is 0.597. The number of halogens is 1. The highest BCUT2D eigenvalue weighted by Crippen LogP contribution is 2.48. The number of amidine groups is 2. The Balaban J connectivity index is 2.17. The van der Waals surface area contributed by atoms with Crippen molar-refractivity contribution in [2.75, 3.05) is 4.90 Å². The maximum Gasteiger partial charge on any atom is 0.106 e. The van der Waals surface area contributed by atoms with E-state index >= 15 is 0 Å². The van der Waals surface area contributed by atoms with Gasteiger partial charge in [-0.05, 0) is 55.4 Å². The van der Waals surface area contributed by atoms with Gasteiger partial charge in [-0.15, -0.1) is 0 Å². The standard InChI is InChI=1S/C14H16BrN3/c1-8(16)18-12-6-5-11(15)14(9-2-3-9)10(12)4-7-13(18)17/h5-6,9,16-17H,2-4,7H2,1H3. The van der Waals surface area contributed by atoms with Gasteiger partial charge < -0.3 is 0 Å². The Hall–Kier alpha value is -1.16. The highest BCUT2D eigenvalue weighted by Gasteiger charge is 2.33. The van der Waals surface area contributed by atoms with Gasteiger partial charge in [0.1, 0.15) is 11.7 Å². The van der Waals surface area contributed by atoms with Gasteiger partial charge in [0.25, 0.3) is 0 Å². The largest absolute Gasteiger partial charge is 0.288 e. The summed E-state index contributed by atoms with van der Waals surface area (Å²) in [5, 5.41) is 15.9. The summed E-state index contributed by atoms with van der Waals surface area (Å²) in [5.41, 5.74) is 3.81. The Morgan fingerprint density at radius 2 is 2.06 bits per heavy atom. The molecule has 1 aromatic rings. The van der Waals surface area contributed by atoms with Crippen molar-refractivity contribution in [3.8, 4) is 0 Å². The number of benzene rings is 1. The van der Waals surface area contributed by atoms with Crippen LogP contribution in [-0.4, -0.2) is 11.7 Å². The van der Waals surface area contributed by atoms with Gasteiger partial charge in [0.2, 0.25) is 0 Å². The van der Waals surface area contributed by atoms with Gasteiger partial charge in [-0.1, -0.05) is 15.9 Å². The Labute approximate surface area is 115 Å². The van der Waals surface area contributed by atoms with E-state index in [0.717, 1.165) is 18.5 Å². The molecule has 2 aliphatic rings. The molecule has 0 bridgehead atoms. The Bertz CT molecular complexity index is 546. The molecular formula is C14H16BrN3. The summed E-state index contributed by atoms with van der Waals surface area (Å²) in [5.74, 6) is 1.67. The predicted molar refractivity (Wildman–Crippen MR) is 78.0 cm³/mol. The van der Waals surface area contributed by atoms with Crippen molar-refractivity contribution < 1.29 is 0 Å². The van der Waals surface area contributed by atoms with E-state index in [1.165, 1.54) is 28.4 Å². The van der Waals surface area contributed by atoms with Crippen LogP contribution in [0.2, 0.25) is 0 Å². The first-order chi connectivity index (χ1) is 8.59. The van der Waals surface area contributed by atoms with E-state index < -0.39 is 0 Å². The van der Waals surface area contributed by atoms with Crippen LogP contribution in [0.25, 0.3) is 0 Å². The summed E-state index contributed by atoms with van der Waals surface area (Å²) in [4.78, 5) is 1.77. The number of hydrogen-bond donors (Lipinski definition) is 2. The monoisotopic (exact) mass is 305 g/mol. The van der Waals surface area contributed by atoms with Gasteiger partial charge in [0.15, 0.2) is 0 Å². The average molecular weight is 306 g/mol. The molecule has 1 aromatic carbocycles. The predicted octanol–water partition coefficient (Wildman–Crippen LogP) is 4.05. The van der Waals surface area contributed by atoms with Crippen LogP contribution in [0, 0.1) is 10.8 Å². The second kappa shape index (κ2) is 4.19. The van der Waals surface area contributed by atoms with Crippen molar-refractivity contribution in [2.24, 2.45) is 0 Å². The fourth-order valence-electron chi connectivity index (χ4n) is 2.79. The van der Waals surface area contributed by atoms with Gasteiger partial charge in [0, 0.05) is 10.9 Å². The third kappa shape index (κ3) is 1.79. The number of rotatable bonds is 1. The maximum atomic E-state index is 8.03. The molecule has 0 amide bonds. The molecule has 1 saturated carbocycles. The summed E-state index contributed by atoms with van der Waals surface area (Å²) in [6, 6.07) is 4.11. The number of nitrogens with zero attached hydrogens (tertiary/aromatic N) is 1. The van der Waals surface area contributed by atoms with E-state index in [4.69, 9.17) is 10.8 Å².